The van der Waals surface area contributed by atoms with E-state index in [1.165, 1.54) is 0 Å². The van der Waals surface area contributed by atoms with Crippen molar-refractivity contribution in [1.82, 2.24) is 20.5 Å². The molecule has 0 spiro atoms. The van der Waals surface area contributed by atoms with E-state index >= 15 is 0 Å². The average Bonchev–Trinajstić information content (AvgIpc) is 3.03. The van der Waals surface area contributed by atoms with Gasteiger partial charge in [0.25, 0.3) is 17.9 Å². The van der Waals surface area contributed by atoms with Gasteiger partial charge in [0.05, 0.1) is 5.69 Å². The lowest BCUT2D eigenvalue weighted by Crippen LogP contribution is -2.29. The van der Waals surface area contributed by atoms with E-state index in [1.54, 1.807) is 0 Å². The van der Waals surface area contributed by atoms with Crippen molar-refractivity contribution in [3.63, 3.8) is 0 Å². The fourth-order valence-electron chi connectivity index (χ4n) is 2.29. The topological polar surface area (TPSA) is 101 Å². The highest BCUT2D eigenvalue weighted by Gasteiger charge is 2.24. The number of carbonyl (C=O) groups is 1. The molecule has 0 radical (unpaired) electrons. The van der Waals surface area contributed by atoms with Crippen LogP contribution in [-0.4, -0.2) is 21.1 Å². The first kappa shape index (κ1) is 16.8. The SMILES string of the molecule is CCc1n[nH]c(=O)c(CNC(=O)c2ocnc2C(F)F)c1CC. The van der Waals surface area contributed by atoms with Crippen molar-refractivity contribution in [2.45, 2.75) is 39.7 Å². The van der Waals surface area contributed by atoms with Crippen molar-refractivity contribution in [3.05, 3.63) is 45.0 Å². The monoisotopic (exact) mass is 326 g/mol. The minimum absolute atomic E-state index is 0.115. The Bertz CT molecular complexity index is 755. The molecule has 2 aromatic rings. The van der Waals surface area contributed by atoms with Gasteiger partial charge in [0, 0.05) is 12.1 Å². The second-order valence-electron chi connectivity index (χ2n) is 4.71. The maximum Gasteiger partial charge on any atom is 0.289 e. The first-order valence-electron chi connectivity index (χ1n) is 7.08. The predicted molar refractivity (Wildman–Crippen MR) is 76.2 cm³/mol. The first-order valence-corrected chi connectivity index (χ1v) is 7.08. The minimum Gasteiger partial charge on any atom is -0.438 e. The Kier molecular flexibility index (Phi) is 5.20. The third kappa shape index (κ3) is 3.43. The number of carbonyl (C=O) groups excluding carboxylic acids is 1. The maximum absolute atomic E-state index is 12.7. The fourth-order valence-corrected chi connectivity index (χ4v) is 2.29. The molecule has 9 heteroatoms. The number of oxazole rings is 1. The Morgan fingerprint density at radius 3 is 2.70 bits per heavy atom. The molecule has 124 valence electrons. The van der Waals surface area contributed by atoms with Crippen molar-refractivity contribution in [1.29, 1.82) is 0 Å². The van der Waals surface area contributed by atoms with E-state index < -0.39 is 29.3 Å². The molecule has 0 bridgehead atoms. The van der Waals surface area contributed by atoms with Crippen LogP contribution in [0.4, 0.5) is 8.78 Å². The van der Waals surface area contributed by atoms with Crippen LogP contribution in [0.3, 0.4) is 0 Å². The Morgan fingerprint density at radius 2 is 2.09 bits per heavy atom. The summed E-state index contributed by atoms with van der Waals surface area (Å²) in [6.07, 6.45) is -0.951. The van der Waals surface area contributed by atoms with Gasteiger partial charge in [-0.05, 0) is 18.4 Å². The number of H-pyrrole nitrogens is 1. The summed E-state index contributed by atoms with van der Waals surface area (Å²) >= 11 is 0. The molecular formula is C14H16F2N4O3. The van der Waals surface area contributed by atoms with Gasteiger partial charge in [-0.1, -0.05) is 13.8 Å². The number of nitrogens with one attached hydrogen (secondary N) is 2. The quantitative estimate of drug-likeness (QED) is 0.842. The maximum atomic E-state index is 12.7. The molecule has 2 heterocycles. The van der Waals surface area contributed by atoms with Gasteiger partial charge in [-0.2, -0.15) is 5.10 Å². The van der Waals surface area contributed by atoms with Crippen LogP contribution < -0.4 is 10.9 Å². The van der Waals surface area contributed by atoms with Crippen molar-refractivity contribution in [3.8, 4) is 0 Å². The molecule has 0 unspecified atom stereocenters. The van der Waals surface area contributed by atoms with Crippen LogP contribution in [0, 0.1) is 0 Å². The number of rotatable bonds is 6. The summed E-state index contributed by atoms with van der Waals surface area (Å²) in [4.78, 5) is 27.2. The normalized spacial score (nSPS) is 11.0. The Hall–Kier alpha value is -2.58. The number of alkyl halides is 2. The highest BCUT2D eigenvalue weighted by molar-refractivity contribution is 5.92. The summed E-state index contributed by atoms with van der Waals surface area (Å²) in [5, 5.41) is 8.74. The van der Waals surface area contributed by atoms with Gasteiger partial charge >= 0.3 is 0 Å². The molecule has 0 aliphatic heterocycles. The molecule has 2 N–H and O–H groups in total. The second kappa shape index (κ2) is 7.12. The largest absolute Gasteiger partial charge is 0.438 e. The van der Waals surface area contributed by atoms with E-state index in [4.69, 9.17) is 4.42 Å². The molecule has 0 saturated carbocycles. The number of nitrogens with zero attached hydrogens (tertiary/aromatic N) is 2. The molecule has 0 aliphatic carbocycles. The summed E-state index contributed by atoms with van der Waals surface area (Å²) in [7, 11) is 0. The van der Waals surface area contributed by atoms with Gasteiger partial charge in [0.2, 0.25) is 5.76 Å². The zero-order valence-electron chi connectivity index (χ0n) is 12.7. The molecule has 23 heavy (non-hydrogen) atoms. The van der Waals surface area contributed by atoms with Crippen LogP contribution in [0.15, 0.2) is 15.6 Å². The van der Waals surface area contributed by atoms with Crippen molar-refractivity contribution >= 4 is 5.91 Å². The zero-order chi connectivity index (χ0) is 17.0. The van der Waals surface area contributed by atoms with Gasteiger partial charge in [-0.25, -0.2) is 18.9 Å². The lowest BCUT2D eigenvalue weighted by molar-refractivity contribution is 0.0904. The van der Waals surface area contributed by atoms with Crippen LogP contribution in [0.25, 0.3) is 0 Å². The molecule has 1 amide bonds. The molecule has 2 aromatic heterocycles. The lowest BCUT2D eigenvalue weighted by Gasteiger charge is -2.11. The molecule has 0 aliphatic rings. The standard InChI is InChI=1S/C14H16F2N4O3/c1-3-7-8(13(21)20-19-9(7)4-2)5-17-14(22)11-10(12(15)16)18-6-23-11/h6,12H,3-5H2,1-2H3,(H,17,22)(H,20,21). The number of aryl methyl sites for hydroxylation is 1. The van der Waals surface area contributed by atoms with Crippen LogP contribution in [0.5, 0.6) is 0 Å². The second-order valence-corrected chi connectivity index (χ2v) is 4.71. The van der Waals surface area contributed by atoms with E-state index in [0.29, 0.717) is 18.4 Å². The van der Waals surface area contributed by atoms with Gasteiger partial charge in [-0.15, -0.1) is 0 Å². The van der Waals surface area contributed by atoms with Gasteiger partial charge in [0.15, 0.2) is 12.1 Å². The van der Waals surface area contributed by atoms with Crippen LogP contribution in [0.1, 0.15) is 53.3 Å². The summed E-state index contributed by atoms with van der Waals surface area (Å²) < 4.78 is 30.1. The van der Waals surface area contributed by atoms with Gasteiger partial charge in [-0.3, -0.25) is 9.59 Å². The summed E-state index contributed by atoms with van der Waals surface area (Å²) in [6.45, 7) is 3.65. The molecule has 0 saturated heterocycles. The molecule has 0 fully saturated rings. The van der Waals surface area contributed by atoms with E-state index in [-0.39, 0.29) is 6.54 Å². The van der Waals surface area contributed by atoms with Crippen molar-refractivity contribution < 1.29 is 18.0 Å². The van der Waals surface area contributed by atoms with Crippen molar-refractivity contribution in [2.75, 3.05) is 0 Å². The van der Waals surface area contributed by atoms with E-state index in [0.717, 1.165) is 17.7 Å². The number of hydrogen-bond donors (Lipinski definition) is 2. The third-order valence-corrected chi connectivity index (χ3v) is 3.40. The Labute approximate surface area is 130 Å². The Morgan fingerprint density at radius 1 is 1.35 bits per heavy atom. The first-order chi connectivity index (χ1) is 11.0. The zero-order valence-corrected chi connectivity index (χ0v) is 12.7. The van der Waals surface area contributed by atoms with Gasteiger partial charge in [0.1, 0.15) is 0 Å². The Balaban J connectivity index is 2.22. The molecular weight excluding hydrogens is 310 g/mol. The third-order valence-electron chi connectivity index (χ3n) is 3.40. The van der Waals surface area contributed by atoms with Crippen molar-refractivity contribution in [2.24, 2.45) is 0 Å². The molecule has 0 aromatic carbocycles. The van der Waals surface area contributed by atoms with Crippen LogP contribution >= 0.6 is 0 Å². The minimum atomic E-state index is -2.92. The van der Waals surface area contributed by atoms with Crippen LogP contribution in [-0.2, 0) is 19.4 Å². The number of halogens is 2. The summed E-state index contributed by atoms with van der Waals surface area (Å²) in [6, 6.07) is 0. The highest BCUT2D eigenvalue weighted by Crippen LogP contribution is 2.21. The molecule has 0 atom stereocenters. The number of aromatic nitrogens is 3. The summed E-state index contributed by atoms with van der Waals surface area (Å²) in [5.41, 5.74) is 0.667. The van der Waals surface area contributed by atoms with Crippen LogP contribution in [0.2, 0.25) is 0 Å². The summed E-state index contributed by atoms with van der Waals surface area (Å²) in [5.74, 6) is -1.41. The van der Waals surface area contributed by atoms with E-state index in [1.807, 2.05) is 13.8 Å². The number of hydrogen-bond acceptors (Lipinski definition) is 5. The van der Waals surface area contributed by atoms with E-state index in [2.05, 4.69) is 20.5 Å². The lowest BCUT2D eigenvalue weighted by atomic mass is 10.0. The highest BCUT2D eigenvalue weighted by atomic mass is 19.3. The average molecular weight is 326 g/mol. The van der Waals surface area contributed by atoms with E-state index in [9.17, 15) is 18.4 Å². The smallest absolute Gasteiger partial charge is 0.289 e. The molecule has 7 nitrogen and oxygen atoms in total. The number of aromatic amines is 1. The molecule has 2 rings (SSSR count). The predicted octanol–water partition coefficient (Wildman–Crippen LogP) is 1.75. The fraction of sp³-hybridized carbons (Fsp3) is 0.429. The van der Waals surface area contributed by atoms with Gasteiger partial charge < -0.3 is 9.73 Å². The number of amides is 1.